The zero-order chi connectivity index (χ0) is 26.4. The second kappa shape index (κ2) is 14.3. The van der Waals surface area contributed by atoms with Crippen LogP contribution in [0.5, 0.6) is 0 Å². The van der Waals surface area contributed by atoms with Crippen LogP contribution in [0.25, 0.3) is 0 Å². The molecule has 35 heavy (non-hydrogen) atoms. The van der Waals surface area contributed by atoms with Crippen molar-refractivity contribution in [2.24, 2.45) is 0 Å². The van der Waals surface area contributed by atoms with Gasteiger partial charge in [0, 0.05) is 67.9 Å². The van der Waals surface area contributed by atoms with Crippen molar-refractivity contribution in [3.05, 3.63) is 45.6 Å². The van der Waals surface area contributed by atoms with Crippen LogP contribution in [0.1, 0.15) is 48.9 Å². The van der Waals surface area contributed by atoms with Gasteiger partial charge in [0.05, 0.1) is 16.1 Å². The summed E-state index contributed by atoms with van der Waals surface area (Å²) >= 11 is 6.57. The van der Waals surface area contributed by atoms with E-state index in [2.05, 4.69) is 157 Å². The Balaban J connectivity index is 0.000000231. The van der Waals surface area contributed by atoms with E-state index in [0.29, 0.717) is 12.1 Å². The zero-order valence-corrected chi connectivity index (χ0v) is 31.2. The van der Waals surface area contributed by atoms with Crippen molar-refractivity contribution in [1.82, 2.24) is 19.8 Å². The van der Waals surface area contributed by atoms with Gasteiger partial charge in [0.1, 0.15) is 3.70 Å². The average molecular weight is 849 g/mol. The molecule has 4 heterocycles. The summed E-state index contributed by atoms with van der Waals surface area (Å²) in [4.78, 5) is 13.8. The van der Waals surface area contributed by atoms with E-state index in [4.69, 9.17) is 0 Å². The SMILES string of the molecule is CN1CCC[C@H]1c1cnc(I)cc1[Si](C)(C)C.CN1CCC[C@H]1c1cnccc1[Si](C)(C)C.II. The van der Waals surface area contributed by atoms with Gasteiger partial charge < -0.3 is 0 Å². The largest absolute Gasteiger partial charge is 0.299 e. The second-order valence-corrected chi connectivity index (χ2v) is 23.0. The Kier molecular flexibility index (Phi) is 13.1. The van der Waals surface area contributed by atoms with Gasteiger partial charge in [-0.3, -0.25) is 14.8 Å². The predicted molar refractivity (Wildman–Crippen MR) is 184 cm³/mol. The lowest BCUT2D eigenvalue weighted by Crippen LogP contribution is -2.42. The molecule has 2 aliphatic rings. The molecule has 196 valence electrons. The van der Waals surface area contributed by atoms with Gasteiger partial charge in [-0.05, 0) is 98.7 Å². The molecule has 0 unspecified atom stereocenters. The first-order valence-electron chi connectivity index (χ1n) is 12.5. The third-order valence-corrected chi connectivity index (χ3v) is 11.8. The topological polar surface area (TPSA) is 32.3 Å². The van der Waals surface area contributed by atoms with Crippen LogP contribution in [0.4, 0.5) is 0 Å². The fourth-order valence-corrected chi connectivity index (χ4v) is 9.40. The third-order valence-electron chi connectivity index (χ3n) is 7.13. The van der Waals surface area contributed by atoms with E-state index < -0.39 is 16.1 Å². The molecule has 2 aliphatic heterocycles. The Morgan fingerprint density at radius 1 is 0.800 bits per heavy atom. The Bertz CT molecular complexity index is 947. The summed E-state index contributed by atoms with van der Waals surface area (Å²) in [6.45, 7) is 17.0. The molecule has 2 saturated heterocycles. The summed E-state index contributed by atoms with van der Waals surface area (Å²) in [6.07, 6.45) is 11.4. The van der Waals surface area contributed by atoms with Crippen molar-refractivity contribution < 1.29 is 0 Å². The van der Waals surface area contributed by atoms with Crippen LogP contribution in [0, 0.1) is 3.70 Å². The molecule has 2 aromatic heterocycles. The number of rotatable bonds is 4. The van der Waals surface area contributed by atoms with Crippen molar-refractivity contribution in [3.63, 3.8) is 0 Å². The number of hydrogen-bond acceptors (Lipinski definition) is 4. The molecule has 0 N–H and O–H groups in total. The van der Waals surface area contributed by atoms with Crippen LogP contribution in [0.2, 0.25) is 39.3 Å². The van der Waals surface area contributed by atoms with Crippen molar-refractivity contribution in [2.75, 3.05) is 27.2 Å². The molecular weight excluding hydrogens is 805 g/mol. The molecule has 0 bridgehead atoms. The van der Waals surface area contributed by atoms with Crippen LogP contribution in [0.3, 0.4) is 0 Å². The number of pyridine rings is 2. The van der Waals surface area contributed by atoms with Crippen LogP contribution in [-0.2, 0) is 0 Å². The Labute approximate surface area is 253 Å². The minimum Gasteiger partial charge on any atom is -0.299 e. The van der Waals surface area contributed by atoms with Crippen molar-refractivity contribution in [2.45, 2.75) is 77.0 Å². The maximum Gasteiger partial charge on any atom is 0.101 e. The monoisotopic (exact) mass is 848 g/mol. The molecule has 0 radical (unpaired) electrons. The summed E-state index contributed by atoms with van der Waals surface area (Å²) in [5.41, 5.74) is 2.98. The van der Waals surface area contributed by atoms with Gasteiger partial charge in [0.25, 0.3) is 0 Å². The lowest BCUT2D eigenvalue weighted by molar-refractivity contribution is 0.318. The Hall–Kier alpha value is 0.844. The quantitative estimate of drug-likeness (QED) is 0.186. The molecule has 0 aliphatic carbocycles. The van der Waals surface area contributed by atoms with E-state index in [1.165, 1.54) is 49.9 Å². The fraction of sp³-hybridized carbons (Fsp3) is 0.615. The van der Waals surface area contributed by atoms with Crippen molar-refractivity contribution >= 4 is 86.3 Å². The first-order chi connectivity index (χ1) is 16.4. The molecule has 4 nitrogen and oxygen atoms in total. The van der Waals surface area contributed by atoms with Gasteiger partial charge in [-0.2, -0.15) is 0 Å². The Morgan fingerprint density at radius 3 is 1.71 bits per heavy atom. The number of hydrogen-bond donors (Lipinski definition) is 0. The average Bonchev–Trinajstić information content (AvgIpc) is 3.42. The first-order valence-corrected chi connectivity index (χ1v) is 26.9. The molecule has 2 atom stereocenters. The Morgan fingerprint density at radius 2 is 1.29 bits per heavy atom. The van der Waals surface area contributed by atoms with Crippen LogP contribution in [0.15, 0.2) is 30.7 Å². The number of likely N-dealkylation sites (tertiary alicyclic amines) is 2. The van der Waals surface area contributed by atoms with Gasteiger partial charge in [-0.1, -0.05) is 49.7 Å². The highest BCUT2D eigenvalue weighted by molar-refractivity contribution is 15.0. The maximum absolute atomic E-state index is 4.51. The molecule has 0 saturated carbocycles. The number of halogens is 3. The van der Waals surface area contributed by atoms with Crippen molar-refractivity contribution in [3.8, 4) is 0 Å². The predicted octanol–water partition coefficient (Wildman–Crippen LogP) is 7.16. The van der Waals surface area contributed by atoms with E-state index in [1.807, 2.05) is 6.20 Å². The summed E-state index contributed by atoms with van der Waals surface area (Å²) in [6, 6.07) is 5.76. The minimum absolute atomic E-state index is 0.598. The second-order valence-electron chi connectivity index (χ2n) is 11.8. The maximum atomic E-state index is 4.51. The van der Waals surface area contributed by atoms with Crippen LogP contribution >= 0.6 is 59.8 Å². The minimum atomic E-state index is -1.28. The highest BCUT2D eigenvalue weighted by Crippen LogP contribution is 2.31. The van der Waals surface area contributed by atoms with E-state index in [-0.39, 0.29) is 0 Å². The molecular formula is C26H43I3N4Si2. The molecule has 0 spiro atoms. The summed E-state index contributed by atoms with van der Waals surface area (Å²) in [5, 5.41) is 3.18. The normalized spacial score (nSPS) is 21.2. The summed E-state index contributed by atoms with van der Waals surface area (Å²) in [7, 11) is 1.95. The lowest BCUT2D eigenvalue weighted by Gasteiger charge is -2.27. The van der Waals surface area contributed by atoms with E-state index in [9.17, 15) is 0 Å². The fourth-order valence-electron chi connectivity index (χ4n) is 5.32. The van der Waals surface area contributed by atoms with Crippen LogP contribution < -0.4 is 10.4 Å². The van der Waals surface area contributed by atoms with E-state index in [0.717, 1.165) is 3.70 Å². The molecule has 2 aromatic rings. The highest BCUT2D eigenvalue weighted by atomic mass is 128. The van der Waals surface area contributed by atoms with Gasteiger partial charge >= 0.3 is 0 Å². The van der Waals surface area contributed by atoms with Crippen LogP contribution in [-0.4, -0.2) is 63.1 Å². The smallest absolute Gasteiger partial charge is 0.101 e. The first kappa shape index (κ1) is 32.1. The van der Waals surface area contributed by atoms with Gasteiger partial charge in [0.15, 0.2) is 0 Å². The van der Waals surface area contributed by atoms with E-state index >= 15 is 0 Å². The van der Waals surface area contributed by atoms with Crippen molar-refractivity contribution in [1.29, 1.82) is 0 Å². The molecule has 0 amide bonds. The number of nitrogens with zero attached hydrogens (tertiary/aromatic N) is 4. The van der Waals surface area contributed by atoms with Gasteiger partial charge in [-0.25, -0.2) is 4.98 Å². The number of aromatic nitrogens is 2. The van der Waals surface area contributed by atoms with E-state index in [1.54, 1.807) is 10.4 Å². The molecule has 2 fully saturated rings. The summed E-state index contributed by atoms with van der Waals surface area (Å²) < 4.78 is 1.13. The van der Waals surface area contributed by atoms with Gasteiger partial charge in [-0.15, -0.1) is 0 Å². The molecule has 4 rings (SSSR count). The highest BCUT2D eigenvalue weighted by Gasteiger charge is 2.30. The zero-order valence-electron chi connectivity index (χ0n) is 22.7. The standard InChI is InChI=1S/C13H21IN2Si.C13H22N2Si.I2/c1-16-7-5-6-11(16)10-9-15-13(14)8-12(10)17(2,3)4;1-15-9-5-6-12(15)11-10-14-8-7-13(11)16(2,3)4;1-2/h8-9,11H,5-7H2,1-4H3;7-8,10,12H,5-6,9H2,1-4H3;/t11-;12-;/m00./s1. The molecule has 9 heteroatoms. The molecule has 0 aromatic carbocycles. The van der Waals surface area contributed by atoms with Gasteiger partial charge in [0.2, 0.25) is 0 Å². The third kappa shape index (κ3) is 8.94. The lowest BCUT2D eigenvalue weighted by atomic mass is 10.1. The summed E-state index contributed by atoms with van der Waals surface area (Å²) in [5.74, 6) is 0.